The van der Waals surface area contributed by atoms with E-state index >= 15 is 0 Å². The van der Waals surface area contributed by atoms with Crippen molar-refractivity contribution in [1.82, 2.24) is 9.97 Å². The lowest BCUT2D eigenvalue weighted by atomic mass is 10.2. The predicted molar refractivity (Wildman–Crippen MR) is 72.8 cm³/mol. The number of halogens is 4. The number of rotatable bonds is 3. The molecule has 0 aliphatic rings. The lowest BCUT2D eigenvalue weighted by Gasteiger charge is -2.10. The first-order valence-electron chi connectivity index (χ1n) is 5.63. The van der Waals surface area contributed by atoms with Crippen LogP contribution in [0.3, 0.4) is 0 Å². The molecule has 1 aromatic carbocycles. The number of alkyl halides is 3. The largest absolute Gasteiger partial charge is 0.434 e. The Bertz CT molecular complexity index is 684. The third kappa shape index (κ3) is 3.86. The van der Waals surface area contributed by atoms with Crippen LogP contribution in [0.25, 0.3) is 0 Å². The van der Waals surface area contributed by atoms with Crippen LogP contribution < -0.4 is 0 Å². The van der Waals surface area contributed by atoms with Crippen LogP contribution in [-0.2, 0) is 11.9 Å². The summed E-state index contributed by atoms with van der Waals surface area (Å²) in [6.07, 6.45) is -4.75. The van der Waals surface area contributed by atoms with Gasteiger partial charge < -0.3 is 0 Å². The molecule has 2 rings (SSSR count). The molecule has 0 aliphatic heterocycles. The minimum Gasteiger partial charge on any atom is -0.216 e. The number of hydrogen-bond donors (Lipinski definition) is 0. The van der Waals surface area contributed by atoms with Crippen molar-refractivity contribution in [2.24, 2.45) is 0 Å². The van der Waals surface area contributed by atoms with Crippen LogP contribution >= 0.6 is 23.4 Å². The van der Waals surface area contributed by atoms with Crippen LogP contribution in [0.2, 0.25) is 5.15 Å². The van der Waals surface area contributed by atoms with Gasteiger partial charge in [-0.2, -0.15) is 18.4 Å². The minimum atomic E-state index is -4.75. The van der Waals surface area contributed by atoms with Crippen LogP contribution in [0, 0.1) is 11.3 Å². The van der Waals surface area contributed by atoms with E-state index in [9.17, 15) is 13.2 Å². The second-order valence-electron chi connectivity index (χ2n) is 3.90. The Morgan fingerprint density at radius 1 is 1.19 bits per heavy atom. The van der Waals surface area contributed by atoms with Crippen LogP contribution in [-0.4, -0.2) is 9.97 Å². The maximum absolute atomic E-state index is 12.8. The van der Waals surface area contributed by atoms with E-state index in [2.05, 4.69) is 9.97 Å². The summed E-state index contributed by atoms with van der Waals surface area (Å²) in [7, 11) is 0. The standard InChI is InChI=1S/C13H7ClF3N3S/c14-11-9(6-18)10(13(15,16)17)19-12(20-11)21-7-8-4-2-1-3-5-8/h1-5H,7H2. The molecule has 0 saturated carbocycles. The van der Waals surface area contributed by atoms with Gasteiger partial charge in [0.1, 0.15) is 11.6 Å². The molecule has 108 valence electrons. The van der Waals surface area contributed by atoms with Crippen molar-refractivity contribution >= 4 is 23.4 Å². The molecule has 0 unspecified atom stereocenters. The lowest BCUT2D eigenvalue weighted by Crippen LogP contribution is -2.13. The SMILES string of the molecule is N#Cc1c(Cl)nc(SCc2ccccc2)nc1C(F)(F)F. The van der Waals surface area contributed by atoms with Crippen molar-refractivity contribution in [3.05, 3.63) is 52.3 Å². The zero-order chi connectivity index (χ0) is 15.5. The monoisotopic (exact) mass is 329 g/mol. The fourth-order valence-corrected chi connectivity index (χ4v) is 2.57. The van der Waals surface area contributed by atoms with Crippen molar-refractivity contribution in [2.45, 2.75) is 17.1 Å². The highest BCUT2D eigenvalue weighted by atomic mass is 35.5. The van der Waals surface area contributed by atoms with Crippen LogP contribution in [0.15, 0.2) is 35.5 Å². The third-order valence-electron chi connectivity index (χ3n) is 2.44. The second kappa shape index (κ2) is 6.33. The number of nitriles is 1. The molecule has 21 heavy (non-hydrogen) atoms. The minimum absolute atomic E-state index is 0.116. The Kier molecular flexibility index (Phi) is 4.70. The first kappa shape index (κ1) is 15.6. The molecule has 0 amide bonds. The quantitative estimate of drug-likeness (QED) is 0.478. The Morgan fingerprint density at radius 3 is 2.43 bits per heavy atom. The van der Waals surface area contributed by atoms with Gasteiger partial charge in [0.25, 0.3) is 0 Å². The number of aromatic nitrogens is 2. The summed E-state index contributed by atoms with van der Waals surface area (Å²) in [4.78, 5) is 7.14. The Hall–Kier alpha value is -1.78. The van der Waals surface area contributed by atoms with E-state index in [0.717, 1.165) is 17.3 Å². The third-order valence-corrected chi connectivity index (χ3v) is 3.63. The van der Waals surface area contributed by atoms with E-state index in [4.69, 9.17) is 16.9 Å². The fourth-order valence-electron chi connectivity index (χ4n) is 1.50. The van der Waals surface area contributed by atoms with Gasteiger partial charge in [-0.3, -0.25) is 0 Å². The summed E-state index contributed by atoms with van der Waals surface area (Å²) in [6.45, 7) is 0. The molecule has 0 bridgehead atoms. The van der Waals surface area contributed by atoms with Gasteiger partial charge in [0.2, 0.25) is 0 Å². The molecule has 1 aromatic heterocycles. The molecule has 0 N–H and O–H groups in total. The lowest BCUT2D eigenvalue weighted by molar-refractivity contribution is -0.141. The molecule has 0 aliphatic carbocycles. The Balaban J connectivity index is 2.30. The molecular weight excluding hydrogens is 323 g/mol. The van der Waals surface area contributed by atoms with Gasteiger partial charge in [-0.15, -0.1) is 0 Å². The van der Waals surface area contributed by atoms with Gasteiger partial charge in [0.05, 0.1) is 0 Å². The van der Waals surface area contributed by atoms with E-state index in [-0.39, 0.29) is 5.16 Å². The number of nitrogens with zero attached hydrogens (tertiary/aromatic N) is 3. The van der Waals surface area contributed by atoms with Gasteiger partial charge in [0.15, 0.2) is 16.0 Å². The molecule has 0 spiro atoms. The van der Waals surface area contributed by atoms with E-state index < -0.39 is 22.6 Å². The zero-order valence-electron chi connectivity index (χ0n) is 10.4. The summed E-state index contributed by atoms with van der Waals surface area (Å²) in [5, 5.41) is 8.13. The Labute approximate surface area is 127 Å². The van der Waals surface area contributed by atoms with Crippen LogP contribution in [0.4, 0.5) is 13.2 Å². The molecular formula is C13H7ClF3N3S. The maximum Gasteiger partial charge on any atom is 0.434 e. The maximum atomic E-state index is 12.8. The van der Waals surface area contributed by atoms with Gasteiger partial charge in [-0.1, -0.05) is 53.7 Å². The first-order valence-corrected chi connectivity index (χ1v) is 6.99. The molecule has 1 heterocycles. The van der Waals surface area contributed by atoms with Gasteiger partial charge in [-0.05, 0) is 5.56 Å². The summed E-state index contributed by atoms with van der Waals surface area (Å²) in [5.74, 6) is 0.403. The van der Waals surface area contributed by atoms with E-state index in [1.807, 2.05) is 30.3 Å². The molecule has 0 radical (unpaired) electrons. The molecule has 0 fully saturated rings. The van der Waals surface area contributed by atoms with Gasteiger partial charge in [0, 0.05) is 5.75 Å². The fraction of sp³-hybridized carbons (Fsp3) is 0.154. The van der Waals surface area contributed by atoms with Crippen LogP contribution in [0.5, 0.6) is 0 Å². The predicted octanol–water partition coefficient (Wildman–Crippen LogP) is 4.31. The van der Waals surface area contributed by atoms with Crippen LogP contribution in [0.1, 0.15) is 16.8 Å². The van der Waals surface area contributed by atoms with Crippen molar-refractivity contribution in [2.75, 3.05) is 0 Å². The summed E-state index contributed by atoms with van der Waals surface area (Å²) < 4.78 is 38.5. The van der Waals surface area contributed by atoms with Crippen molar-refractivity contribution < 1.29 is 13.2 Å². The molecule has 3 nitrogen and oxygen atoms in total. The average molecular weight is 330 g/mol. The number of benzene rings is 1. The van der Waals surface area contributed by atoms with Gasteiger partial charge >= 0.3 is 6.18 Å². The number of hydrogen-bond acceptors (Lipinski definition) is 4. The highest BCUT2D eigenvalue weighted by molar-refractivity contribution is 7.98. The highest BCUT2D eigenvalue weighted by Gasteiger charge is 2.37. The van der Waals surface area contributed by atoms with Gasteiger partial charge in [-0.25, -0.2) is 9.97 Å². The van der Waals surface area contributed by atoms with E-state index in [1.165, 1.54) is 6.07 Å². The summed E-state index contributed by atoms with van der Waals surface area (Å²) in [6, 6.07) is 10.5. The topological polar surface area (TPSA) is 49.6 Å². The first-order chi connectivity index (χ1) is 9.91. The zero-order valence-corrected chi connectivity index (χ0v) is 11.9. The smallest absolute Gasteiger partial charge is 0.216 e. The normalized spacial score (nSPS) is 11.2. The summed E-state index contributed by atoms with van der Waals surface area (Å²) >= 11 is 6.66. The highest BCUT2D eigenvalue weighted by Crippen LogP contribution is 2.34. The second-order valence-corrected chi connectivity index (χ2v) is 5.20. The molecule has 8 heteroatoms. The van der Waals surface area contributed by atoms with Crippen molar-refractivity contribution in [3.8, 4) is 6.07 Å². The average Bonchev–Trinajstić information content (AvgIpc) is 2.44. The number of thioether (sulfide) groups is 1. The molecule has 2 aromatic rings. The van der Waals surface area contributed by atoms with E-state index in [0.29, 0.717) is 5.75 Å². The van der Waals surface area contributed by atoms with E-state index in [1.54, 1.807) is 0 Å². The molecule has 0 saturated heterocycles. The van der Waals surface area contributed by atoms with Crippen molar-refractivity contribution in [1.29, 1.82) is 5.26 Å². The Morgan fingerprint density at radius 2 is 1.86 bits per heavy atom. The molecule has 0 atom stereocenters. The summed E-state index contributed by atoms with van der Waals surface area (Å²) in [5.41, 5.74) is -1.14. The van der Waals surface area contributed by atoms with Crippen molar-refractivity contribution in [3.63, 3.8) is 0 Å².